The molecule has 0 bridgehead atoms. The summed E-state index contributed by atoms with van der Waals surface area (Å²) in [6.45, 7) is 5.33. The smallest absolute Gasteiger partial charge is 0.303 e. The van der Waals surface area contributed by atoms with Gasteiger partial charge in [0.1, 0.15) is 5.78 Å². The average Bonchev–Trinajstić information content (AvgIpc) is 3.19. The Morgan fingerprint density at radius 3 is 2.53 bits per heavy atom. The van der Waals surface area contributed by atoms with Crippen LogP contribution in [0.1, 0.15) is 97.3 Å². The molecular weight excluding hydrogens is 484 g/mol. The molecule has 7 heteroatoms. The minimum atomic E-state index is -0.784. The van der Waals surface area contributed by atoms with Crippen LogP contribution in [-0.4, -0.2) is 54.4 Å². The Hall–Kier alpha value is -1.98. The Morgan fingerprint density at radius 1 is 1.13 bits per heavy atom. The number of ether oxygens (including phenoxy) is 4. The molecule has 3 fully saturated rings. The van der Waals surface area contributed by atoms with Gasteiger partial charge in [0, 0.05) is 44.3 Å². The molecule has 2 aliphatic heterocycles. The molecule has 0 amide bonds. The molecule has 0 aromatic carbocycles. The van der Waals surface area contributed by atoms with Crippen LogP contribution in [-0.2, 0) is 28.5 Å². The van der Waals surface area contributed by atoms with E-state index in [1.54, 1.807) is 0 Å². The van der Waals surface area contributed by atoms with Crippen LogP contribution in [0.2, 0.25) is 0 Å². The standard InChI is InChI=1S/C31H46O7/c1-3-4-11-19-31(2,38-30-17-10-13-22-36-30)20-18-25-24(14-7-5-6-8-15-28(33)34)26(32)23-27(25)37-29-16-9-12-21-35-29/h5,7,18,20,24-25,27,29-30H,6,8-17,19,21-23H2,1-2H3,(H,33,34)/b7-5-,20-18+/t24-,25-,27-,29?,30?,31?/m1/s1. The molecule has 3 aliphatic rings. The first kappa shape index (κ1) is 30.6. The molecule has 3 unspecified atom stereocenters. The number of Topliss-reactive ketones (excluding diaryl/α,β-unsaturated/α-hetero) is 1. The number of hydrogen-bond acceptors (Lipinski definition) is 6. The summed E-state index contributed by atoms with van der Waals surface area (Å²) in [5.74, 6) is 5.25. The molecule has 1 saturated carbocycles. The van der Waals surface area contributed by atoms with Crippen LogP contribution in [0.3, 0.4) is 0 Å². The quantitative estimate of drug-likeness (QED) is 0.168. The van der Waals surface area contributed by atoms with E-state index in [2.05, 4.69) is 30.9 Å². The van der Waals surface area contributed by atoms with Crippen molar-refractivity contribution >= 4 is 11.8 Å². The lowest BCUT2D eigenvalue weighted by Gasteiger charge is -2.34. The number of unbranched alkanes of at least 4 members (excludes halogenated alkanes) is 1. The van der Waals surface area contributed by atoms with Crippen molar-refractivity contribution in [1.29, 1.82) is 0 Å². The molecule has 38 heavy (non-hydrogen) atoms. The molecule has 2 heterocycles. The monoisotopic (exact) mass is 530 g/mol. The van der Waals surface area contributed by atoms with Crippen molar-refractivity contribution in [2.75, 3.05) is 13.2 Å². The number of aliphatic carboxylic acids is 1. The van der Waals surface area contributed by atoms with Crippen LogP contribution >= 0.6 is 0 Å². The van der Waals surface area contributed by atoms with Gasteiger partial charge in [0.2, 0.25) is 0 Å². The van der Waals surface area contributed by atoms with Crippen molar-refractivity contribution in [3.8, 4) is 11.8 Å². The van der Waals surface area contributed by atoms with Crippen LogP contribution in [0.5, 0.6) is 0 Å². The van der Waals surface area contributed by atoms with E-state index in [-0.39, 0.29) is 42.7 Å². The van der Waals surface area contributed by atoms with Gasteiger partial charge in [-0.3, -0.25) is 9.59 Å². The third kappa shape index (κ3) is 10.3. The molecule has 3 rings (SSSR count). The Balaban J connectivity index is 1.74. The number of allylic oxidation sites excluding steroid dienone is 2. The Morgan fingerprint density at radius 2 is 1.87 bits per heavy atom. The summed E-state index contributed by atoms with van der Waals surface area (Å²) in [4.78, 5) is 23.9. The summed E-state index contributed by atoms with van der Waals surface area (Å²) < 4.78 is 24.6. The topological polar surface area (TPSA) is 91.3 Å². The van der Waals surface area contributed by atoms with Gasteiger partial charge >= 0.3 is 5.97 Å². The van der Waals surface area contributed by atoms with Gasteiger partial charge in [-0.15, -0.1) is 11.8 Å². The van der Waals surface area contributed by atoms with E-state index in [1.165, 1.54) is 0 Å². The minimum Gasteiger partial charge on any atom is -0.481 e. The molecule has 7 nitrogen and oxygen atoms in total. The lowest BCUT2D eigenvalue weighted by molar-refractivity contribution is -0.208. The Labute approximate surface area is 228 Å². The average molecular weight is 531 g/mol. The molecule has 6 atom stereocenters. The van der Waals surface area contributed by atoms with Gasteiger partial charge in [-0.1, -0.05) is 24.3 Å². The van der Waals surface area contributed by atoms with Gasteiger partial charge in [0.25, 0.3) is 0 Å². The number of carbonyl (C=O) groups excluding carboxylic acids is 1. The van der Waals surface area contributed by atoms with Crippen molar-refractivity contribution in [2.24, 2.45) is 11.8 Å². The second kappa shape index (κ2) is 16.2. The van der Waals surface area contributed by atoms with Gasteiger partial charge in [0.15, 0.2) is 12.6 Å². The van der Waals surface area contributed by atoms with E-state index in [1.807, 2.05) is 19.1 Å². The van der Waals surface area contributed by atoms with Crippen LogP contribution in [0.15, 0.2) is 24.3 Å². The number of carboxylic acid groups (broad SMARTS) is 1. The third-order valence-corrected chi connectivity index (χ3v) is 7.63. The summed E-state index contributed by atoms with van der Waals surface area (Å²) in [6, 6.07) is 0. The Kier molecular flexibility index (Phi) is 13.0. The second-order valence-electron chi connectivity index (χ2n) is 10.8. The predicted octanol–water partition coefficient (Wildman–Crippen LogP) is 5.97. The van der Waals surface area contributed by atoms with Crippen molar-refractivity contribution in [3.05, 3.63) is 24.3 Å². The largest absolute Gasteiger partial charge is 0.481 e. The van der Waals surface area contributed by atoms with Crippen LogP contribution in [0.25, 0.3) is 0 Å². The predicted molar refractivity (Wildman–Crippen MR) is 145 cm³/mol. The maximum Gasteiger partial charge on any atom is 0.303 e. The fraction of sp³-hybridized carbons (Fsp3) is 0.742. The third-order valence-electron chi connectivity index (χ3n) is 7.63. The molecule has 1 aliphatic carbocycles. The lowest BCUT2D eigenvalue weighted by Crippen LogP contribution is -2.36. The van der Waals surface area contributed by atoms with Crippen LogP contribution in [0.4, 0.5) is 0 Å². The minimum absolute atomic E-state index is 0.0934. The normalized spacial score (nSPS) is 29.8. The van der Waals surface area contributed by atoms with Gasteiger partial charge < -0.3 is 24.1 Å². The maximum atomic E-state index is 13.2. The summed E-state index contributed by atoms with van der Waals surface area (Å²) in [5, 5.41) is 8.85. The van der Waals surface area contributed by atoms with E-state index in [0.29, 0.717) is 45.3 Å². The van der Waals surface area contributed by atoms with E-state index in [9.17, 15) is 9.59 Å². The van der Waals surface area contributed by atoms with Gasteiger partial charge in [-0.25, -0.2) is 0 Å². The number of ketones is 1. The van der Waals surface area contributed by atoms with Crippen molar-refractivity contribution < 1.29 is 33.6 Å². The first-order valence-corrected chi connectivity index (χ1v) is 14.4. The number of carbonyl (C=O) groups is 2. The first-order chi connectivity index (χ1) is 18.4. The lowest BCUT2D eigenvalue weighted by atomic mass is 9.88. The molecular formula is C31H46O7. The van der Waals surface area contributed by atoms with Gasteiger partial charge in [0.05, 0.1) is 11.7 Å². The summed E-state index contributed by atoms with van der Waals surface area (Å²) in [7, 11) is 0. The highest BCUT2D eigenvalue weighted by molar-refractivity contribution is 5.85. The highest BCUT2D eigenvalue weighted by Gasteiger charge is 2.43. The SMILES string of the molecule is CC#CCCC(C)(/C=C/[C@H]1[C@H](OC2CCCCO2)CC(=O)[C@@H]1C/C=C\CCCC(=O)O)OC1CCCCO1. The zero-order chi connectivity index (χ0) is 27.2. The zero-order valence-corrected chi connectivity index (χ0v) is 23.2. The van der Waals surface area contributed by atoms with Crippen molar-refractivity contribution in [1.82, 2.24) is 0 Å². The second-order valence-corrected chi connectivity index (χ2v) is 10.8. The molecule has 0 aromatic rings. The van der Waals surface area contributed by atoms with E-state index in [4.69, 9.17) is 24.1 Å². The Bertz CT molecular complexity index is 857. The molecule has 0 aromatic heterocycles. The number of rotatable bonds is 14. The van der Waals surface area contributed by atoms with E-state index < -0.39 is 11.6 Å². The first-order valence-electron chi connectivity index (χ1n) is 14.4. The van der Waals surface area contributed by atoms with Crippen molar-refractivity contribution in [2.45, 2.75) is 122 Å². The van der Waals surface area contributed by atoms with Crippen LogP contribution < -0.4 is 0 Å². The fourth-order valence-corrected chi connectivity index (χ4v) is 5.43. The fourth-order valence-electron chi connectivity index (χ4n) is 5.43. The highest BCUT2D eigenvalue weighted by atomic mass is 16.7. The van der Waals surface area contributed by atoms with Gasteiger partial charge in [-0.2, -0.15) is 0 Å². The van der Waals surface area contributed by atoms with Gasteiger partial charge in [-0.05, 0) is 78.1 Å². The summed E-state index contributed by atoms with van der Waals surface area (Å²) in [6.07, 6.45) is 17.4. The molecule has 2 saturated heterocycles. The maximum absolute atomic E-state index is 13.2. The molecule has 0 spiro atoms. The number of carboxylic acids is 1. The number of hydrogen-bond donors (Lipinski definition) is 1. The summed E-state index contributed by atoms with van der Waals surface area (Å²) >= 11 is 0. The van der Waals surface area contributed by atoms with E-state index in [0.717, 1.165) is 44.9 Å². The molecule has 212 valence electrons. The van der Waals surface area contributed by atoms with E-state index >= 15 is 0 Å². The highest BCUT2D eigenvalue weighted by Crippen LogP contribution is 2.38. The molecule has 1 N–H and O–H groups in total. The summed E-state index contributed by atoms with van der Waals surface area (Å²) in [5.41, 5.74) is -0.569. The van der Waals surface area contributed by atoms with Crippen LogP contribution in [0, 0.1) is 23.7 Å². The van der Waals surface area contributed by atoms with Crippen molar-refractivity contribution in [3.63, 3.8) is 0 Å². The molecule has 0 radical (unpaired) electrons. The zero-order valence-electron chi connectivity index (χ0n) is 23.2.